The molecule has 4 saturated carbocycles. The van der Waals surface area contributed by atoms with Crippen LogP contribution in [0.2, 0.25) is 0 Å². The summed E-state index contributed by atoms with van der Waals surface area (Å²) < 4.78 is 13.1. The molecule has 1 unspecified atom stereocenters. The van der Waals surface area contributed by atoms with Gasteiger partial charge in [-0.3, -0.25) is 0 Å². The quantitative estimate of drug-likeness (QED) is 0.601. The topological polar surface area (TPSA) is 38.7 Å². The molecule has 1 N–H and O–H groups in total. The zero-order valence-corrected chi connectivity index (χ0v) is 18.8. The van der Waals surface area contributed by atoms with Gasteiger partial charge in [-0.1, -0.05) is 41.0 Å². The van der Waals surface area contributed by atoms with Crippen LogP contribution in [0, 0.1) is 45.8 Å². The summed E-state index contributed by atoms with van der Waals surface area (Å²) in [6, 6.07) is 0. The van der Waals surface area contributed by atoms with Gasteiger partial charge in [-0.25, -0.2) is 0 Å². The van der Waals surface area contributed by atoms with E-state index in [1.165, 1.54) is 38.5 Å². The van der Waals surface area contributed by atoms with E-state index in [1.807, 2.05) is 0 Å². The normalized spacial score (nSPS) is 54.6. The predicted octanol–water partition coefficient (Wildman–Crippen LogP) is 5.41. The van der Waals surface area contributed by atoms with Gasteiger partial charge in [-0.2, -0.15) is 0 Å². The largest absolute Gasteiger partial charge is 0.393 e. The SMILES string of the molecule is CC1CC[C@@]2(C)[C@@H](CC[C@@H]3[C@@H]2[C@@H](O)C[C@@]2(C)[C@H]3CCC23OCC(C)(C)CO3)C1. The van der Waals surface area contributed by atoms with Gasteiger partial charge in [0.25, 0.3) is 0 Å². The van der Waals surface area contributed by atoms with Crippen LogP contribution in [-0.2, 0) is 9.47 Å². The van der Waals surface area contributed by atoms with E-state index in [2.05, 4.69) is 34.6 Å². The van der Waals surface area contributed by atoms with Gasteiger partial charge in [-0.15, -0.1) is 0 Å². The number of aliphatic hydroxyl groups is 1. The third-order valence-corrected chi connectivity index (χ3v) is 10.3. The summed E-state index contributed by atoms with van der Waals surface area (Å²) in [7, 11) is 0. The third kappa shape index (κ3) is 2.57. The molecule has 0 radical (unpaired) electrons. The summed E-state index contributed by atoms with van der Waals surface area (Å²) in [6.45, 7) is 13.4. The van der Waals surface area contributed by atoms with Crippen LogP contribution in [0.15, 0.2) is 0 Å². The molecule has 5 fully saturated rings. The molecule has 160 valence electrons. The molecule has 3 heteroatoms. The van der Waals surface area contributed by atoms with Gasteiger partial charge in [0.05, 0.1) is 19.3 Å². The number of hydrogen-bond acceptors (Lipinski definition) is 3. The fourth-order valence-corrected chi connectivity index (χ4v) is 8.73. The van der Waals surface area contributed by atoms with Gasteiger partial charge in [0.2, 0.25) is 0 Å². The summed E-state index contributed by atoms with van der Waals surface area (Å²) >= 11 is 0. The summed E-state index contributed by atoms with van der Waals surface area (Å²) in [5.41, 5.74) is 0.386. The Morgan fingerprint density at radius 1 is 0.893 bits per heavy atom. The molecule has 1 aliphatic heterocycles. The van der Waals surface area contributed by atoms with E-state index in [0.717, 1.165) is 37.9 Å². The van der Waals surface area contributed by atoms with Crippen molar-refractivity contribution < 1.29 is 14.6 Å². The molecule has 4 aliphatic carbocycles. The molecule has 5 aliphatic rings. The lowest BCUT2D eigenvalue weighted by Gasteiger charge is -2.63. The van der Waals surface area contributed by atoms with Crippen molar-refractivity contribution in [2.24, 2.45) is 45.8 Å². The maximum atomic E-state index is 11.6. The van der Waals surface area contributed by atoms with Crippen molar-refractivity contribution in [2.45, 2.75) is 97.9 Å². The Kier molecular flexibility index (Phi) is 4.39. The molecule has 28 heavy (non-hydrogen) atoms. The van der Waals surface area contributed by atoms with Crippen LogP contribution < -0.4 is 0 Å². The van der Waals surface area contributed by atoms with E-state index >= 15 is 0 Å². The van der Waals surface area contributed by atoms with Crippen molar-refractivity contribution in [3.8, 4) is 0 Å². The minimum Gasteiger partial charge on any atom is -0.393 e. The first-order valence-corrected chi connectivity index (χ1v) is 12.1. The Morgan fingerprint density at radius 3 is 2.32 bits per heavy atom. The summed E-state index contributed by atoms with van der Waals surface area (Å²) in [4.78, 5) is 0. The Morgan fingerprint density at radius 2 is 1.61 bits per heavy atom. The van der Waals surface area contributed by atoms with Crippen LogP contribution in [0.4, 0.5) is 0 Å². The number of hydrogen-bond donors (Lipinski definition) is 1. The van der Waals surface area contributed by atoms with E-state index in [4.69, 9.17) is 9.47 Å². The molecule has 1 heterocycles. The van der Waals surface area contributed by atoms with Crippen molar-refractivity contribution >= 4 is 0 Å². The molecule has 1 spiro atoms. The standard InChI is InChI=1S/C25H42O3/c1-16-8-10-23(4)17(12-16)6-7-18-19-9-11-25(27-14-22(2,3)15-28-25)24(19,5)13-20(26)21(18)23/h16-21,26H,6-15H2,1-5H3/t16?,17-,18-,19-,20-,21+,23-,24-/m0/s1. The van der Waals surface area contributed by atoms with E-state index in [-0.39, 0.29) is 16.9 Å². The van der Waals surface area contributed by atoms with E-state index in [0.29, 0.717) is 23.2 Å². The van der Waals surface area contributed by atoms with Gasteiger partial charge >= 0.3 is 0 Å². The van der Waals surface area contributed by atoms with E-state index in [9.17, 15) is 5.11 Å². The number of fused-ring (bicyclic) bond motifs is 6. The van der Waals surface area contributed by atoms with Gasteiger partial charge < -0.3 is 14.6 Å². The highest BCUT2D eigenvalue weighted by molar-refractivity contribution is 5.15. The van der Waals surface area contributed by atoms with Crippen LogP contribution in [0.3, 0.4) is 0 Å². The Bertz CT molecular complexity index is 619. The molecule has 0 aromatic carbocycles. The lowest BCUT2D eigenvalue weighted by molar-refractivity contribution is -0.353. The first kappa shape index (κ1) is 19.8. The maximum Gasteiger partial charge on any atom is 0.173 e. The molecule has 5 rings (SSSR count). The van der Waals surface area contributed by atoms with Crippen LogP contribution >= 0.6 is 0 Å². The van der Waals surface area contributed by atoms with Gasteiger partial charge in [0, 0.05) is 17.3 Å². The third-order valence-electron chi connectivity index (χ3n) is 10.3. The Balaban J connectivity index is 1.45. The molecule has 0 bridgehead atoms. The highest BCUT2D eigenvalue weighted by Crippen LogP contribution is 2.69. The molecule has 3 nitrogen and oxygen atoms in total. The average Bonchev–Trinajstić information content (AvgIpc) is 2.90. The van der Waals surface area contributed by atoms with Crippen LogP contribution in [0.5, 0.6) is 0 Å². The number of aliphatic hydroxyl groups excluding tert-OH is 1. The summed E-state index contributed by atoms with van der Waals surface area (Å²) in [5.74, 6) is 2.98. The Labute approximate surface area is 171 Å². The number of rotatable bonds is 0. The van der Waals surface area contributed by atoms with Crippen molar-refractivity contribution in [1.82, 2.24) is 0 Å². The van der Waals surface area contributed by atoms with Crippen LogP contribution in [-0.4, -0.2) is 30.2 Å². The second kappa shape index (κ2) is 6.20. The zero-order chi connectivity index (χ0) is 19.9. The Hall–Kier alpha value is -0.120. The fourth-order valence-electron chi connectivity index (χ4n) is 8.73. The molecule has 8 atom stereocenters. The van der Waals surface area contributed by atoms with Crippen molar-refractivity contribution in [2.75, 3.05) is 13.2 Å². The molecular formula is C25H42O3. The predicted molar refractivity (Wildman–Crippen MR) is 111 cm³/mol. The highest BCUT2D eigenvalue weighted by Gasteiger charge is 2.69. The van der Waals surface area contributed by atoms with Crippen LogP contribution in [0.1, 0.15) is 86.0 Å². The second-order valence-electron chi connectivity index (χ2n) is 12.7. The van der Waals surface area contributed by atoms with Crippen molar-refractivity contribution in [3.63, 3.8) is 0 Å². The first-order valence-electron chi connectivity index (χ1n) is 12.1. The lowest BCUT2D eigenvalue weighted by Crippen LogP contribution is -2.63. The highest BCUT2D eigenvalue weighted by atomic mass is 16.7. The molecular weight excluding hydrogens is 348 g/mol. The summed E-state index contributed by atoms with van der Waals surface area (Å²) in [5, 5.41) is 11.6. The molecule has 0 aromatic heterocycles. The fraction of sp³-hybridized carbons (Fsp3) is 1.00. The maximum absolute atomic E-state index is 11.6. The van der Waals surface area contributed by atoms with E-state index in [1.54, 1.807) is 0 Å². The molecule has 0 amide bonds. The van der Waals surface area contributed by atoms with Gasteiger partial charge in [0.1, 0.15) is 0 Å². The van der Waals surface area contributed by atoms with Gasteiger partial charge in [0.15, 0.2) is 5.79 Å². The zero-order valence-electron chi connectivity index (χ0n) is 18.8. The first-order chi connectivity index (χ1) is 13.1. The van der Waals surface area contributed by atoms with Crippen molar-refractivity contribution in [1.29, 1.82) is 0 Å². The smallest absolute Gasteiger partial charge is 0.173 e. The van der Waals surface area contributed by atoms with E-state index < -0.39 is 5.79 Å². The minimum atomic E-state index is -0.460. The lowest BCUT2D eigenvalue weighted by atomic mass is 9.43. The number of ether oxygens (including phenoxy) is 2. The van der Waals surface area contributed by atoms with Crippen LogP contribution in [0.25, 0.3) is 0 Å². The average molecular weight is 391 g/mol. The monoisotopic (exact) mass is 390 g/mol. The summed E-state index contributed by atoms with van der Waals surface area (Å²) in [6.07, 6.45) is 9.57. The van der Waals surface area contributed by atoms with Crippen molar-refractivity contribution in [3.05, 3.63) is 0 Å². The van der Waals surface area contributed by atoms with Gasteiger partial charge in [-0.05, 0) is 73.5 Å². The minimum absolute atomic E-state index is 0.0464. The molecule has 1 saturated heterocycles. The molecule has 0 aromatic rings. The second-order valence-corrected chi connectivity index (χ2v) is 12.7.